The molecule has 3 saturated heterocycles. The van der Waals surface area contributed by atoms with Gasteiger partial charge in [0.15, 0.2) is 5.58 Å². The second kappa shape index (κ2) is 8.74. The van der Waals surface area contributed by atoms with Gasteiger partial charge in [-0.15, -0.1) is 0 Å². The normalized spacial score (nSPS) is 32.1. The van der Waals surface area contributed by atoms with Crippen molar-refractivity contribution in [1.82, 2.24) is 25.4 Å². The molecule has 4 fully saturated rings. The molecule has 35 heavy (non-hydrogen) atoms. The Hall–Kier alpha value is -2.72. The van der Waals surface area contributed by atoms with E-state index in [0.717, 1.165) is 19.3 Å². The zero-order valence-electron chi connectivity index (χ0n) is 20.1. The van der Waals surface area contributed by atoms with Crippen LogP contribution >= 0.6 is 0 Å². The van der Waals surface area contributed by atoms with Crippen LogP contribution in [0.3, 0.4) is 0 Å². The molecule has 6 rings (SSSR count). The monoisotopic (exact) mass is 484 g/mol. The molecule has 4 heterocycles. The van der Waals surface area contributed by atoms with E-state index in [1.807, 2.05) is 9.80 Å². The lowest BCUT2D eigenvalue weighted by atomic mass is 9.82. The lowest BCUT2D eigenvalue weighted by Crippen LogP contribution is -2.69. The summed E-state index contributed by atoms with van der Waals surface area (Å²) in [5.41, 5.74) is 0.513. The van der Waals surface area contributed by atoms with Gasteiger partial charge in [-0.2, -0.15) is 4.98 Å². The fraction of sp³-hybridized carbons (Fsp3) is 0.640. The number of carbonyl (C=O) groups excluding carboxylic acids is 2. The van der Waals surface area contributed by atoms with Crippen molar-refractivity contribution >= 4 is 28.9 Å². The van der Waals surface area contributed by atoms with Gasteiger partial charge in [0.1, 0.15) is 17.5 Å². The van der Waals surface area contributed by atoms with Crippen LogP contribution in [0.4, 0.5) is 10.4 Å². The number of amides is 2. The highest BCUT2D eigenvalue weighted by Crippen LogP contribution is 2.31. The summed E-state index contributed by atoms with van der Waals surface area (Å²) in [5.74, 6) is 0.193. The summed E-state index contributed by atoms with van der Waals surface area (Å²) in [6.45, 7) is 4.96. The SMILES string of the molecule is CC1(F)CCN(c2nc3ccc(C(=O)N4CCN(C5NC(=O)C6CCCCC6N5)CC4)cc3o2)C1. The minimum absolute atomic E-state index is 0.0463. The first-order chi connectivity index (χ1) is 16.9. The number of benzene rings is 1. The van der Waals surface area contributed by atoms with Gasteiger partial charge in [-0.05, 0) is 38.0 Å². The molecule has 1 aliphatic carbocycles. The van der Waals surface area contributed by atoms with Crippen molar-refractivity contribution in [3.05, 3.63) is 23.8 Å². The second-order valence-corrected chi connectivity index (χ2v) is 10.7. The van der Waals surface area contributed by atoms with Gasteiger partial charge >= 0.3 is 0 Å². The summed E-state index contributed by atoms with van der Waals surface area (Å²) in [6, 6.07) is 5.95. The average Bonchev–Trinajstić information content (AvgIpc) is 3.46. The van der Waals surface area contributed by atoms with Crippen LogP contribution in [0, 0.1) is 5.92 Å². The molecule has 4 atom stereocenters. The quantitative estimate of drug-likeness (QED) is 0.689. The summed E-state index contributed by atoms with van der Waals surface area (Å²) in [5, 5.41) is 6.76. The Bertz CT molecular complexity index is 1130. The van der Waals surface area contributed by atoms with E-state index in [9.17, 15) is 14.0 Å². The largest absolute Gasteiger partial charge is 0.423 e. The number of oxazole rings is 1. The Kier molecular flexibility index (Phi) is 5.68. The number of carbonyl (C=O) groups is 2. The van der Waals surface area contributed by atoms with Crippen LogP contribution in [0.2, 0.25) is 0 Å². The van der Waals surface area contributed by atoms with Gasteiger partial charge in [-0.3, -0.25) is 19.8 Å². The topological polar surface area (TPSA) is 94.0 Å². The van der Waals surface area contributed by atoms with Crippen LogP contribution in [0.25, 0.3) is 11.1 Å². The highest BCUT2D eigenvalue weighted by atomic mass is 19.1. The minimum Gasteiger partial charge on any atom is -0.423 e. The zero-order valence-corrected chi connectivity index (χ0v) is 20.1. The number of alkyl halides is 1. The predicted octanol–water partition coefficient (Wildman–Crippen LogP) is 2.09. The van der Waals surface area contributed by atoms with Gasteiger partial charge in [0.2, 0.25) is 5.91 Å². The van der Waals surface area contributed by atoms with Crippen LogP contribution in [-0.4, -0.2) is 83.9 Å². The lowest BCUT2D eigenvalue weighted by Gasteiger charge is -2.46. The molecule has 2 amide bonds. The van der Waals surface area contributed by atoms with Crippen molar-refractivity contribution in [2.75, 3.05) is 44.2 Å². The van der Waals surface area contributed by atoms with Crippen LogP contribution in [-0.2, 0) is 4.79 Å². The van der Waals surface area contributed by atoms with Gasteiger partial charge in [-0.1, -0.05) is 12.8 Å². The Morgan fingerprint density at radius 1 is 1.17 bits per heavy atom. The van der Waals surface area contributed by atoms with E-state index in [0.29, 0.717) is 61.8 Å². The van der Waals surface area contributed by atoms with Crippen molar-refractivity contribution in [3.8, 4) is 0 Å². The first-order valence-electron chi connectivity index (χ1n) is 12.8. The van der Waals surface area contributed by atoms with Crippen LogP contribution in [0.15, 0.2) is 22.6 Å². The highest BCUT2D eigenvalue weighted by molar-refractivity contribution is 5.97. The molecule has 0 radical (unpaired) electrons. The Balaban J connectivity index is 1.09. The number of piperazine rings is 1. The average molecular weight is 485 g/mol. The third-order valence-electron chi connectivity index (χ3n) is 8.04. The van der Waals surface area contributed by atoms with Crippen LogP contribution < -0.4 is 15.5 Å². The summed E-state index contributed by atoms with van der Waals surface area (Å²) in [6.07, 6.45) is 4.58. The molecular weight excluding hydrogens is 451 g/mol. The third kappa shape index (κ3) is 4.38. The van der Waals surface area contributed by atoms with E-state index in [2.05, 4.69) is 20.5 Å². The fourth-order valence-electron chi connectivity index (χ4n) is 5.96. The maximum atomic E-state index is 14.2. The summed E-state index contributed by atoms with van der Waals surface area (Å²) < 4.78 is 20.1. The Morgan fingerprint density at radius 2 is 1.97 bits per heavy atom. The van der Waals surface area contributed by atoms with Gasteiger partial charge in [0.05, 0.1) is 12.5 Å². The predicted molar refractivity (Wildman–Crippen MR) is 129 cm³/mol. The van der Waals surface area contributed by atoms with Gasteiger partial charge in [-0.25, -0.2) is 4.39 Å². The number of nitrogens with zero attached hydrogens (tertiary/aromatic N) is 4. The smallest absolute Gasteiger partial charge is 0.298 e. The molecule has 1 aromatic heterocycles. The maximum absolute atomic E-state index is 14.2. The molecule has 4 unspecified atom stereocenters. The summed E-state index contributed by atoms with van der Waals surface area (Å²) >= 11 is 0. The summed E-state index contributed by atoms with van der Waals surface area (Å²) in [4.78, 5) is 36.2. The number of nitrogens with one attached hydrogen (secondary N) is 2. The lowest BCUT2D eigenvalue weighted by molar-refractivity contribution is -0.134. The van der Waals surface area contributed by atoms with Crippen LogP contribution in [0.5, 0.6) is 0 Å². The number of fused-ring (bicyclic) bond motifs is 2. The third-order valence-corrected chi connectivity index (χ3v) is 8.04. The fourth-order valence-corrected chi connectivity index (χ4v) is 5.96. The number of rotatable bonds is 3. The standard InChI is InChI=1S/C25H33FN6O3/c1-25(26)8-9-32(15-25)24-28-19-7-6-16(14-20(19)35-24)22(34)30-10-12-31(13-11-30)23-27-18-5-3-2-4-17(18)21(33)29-23/h6-7,14,17-18,23,27H,2-5,8-13,15H2,1H3,(H,29,33). The van der Waals surface area contributed by atoms with Crippen molar-refractivity contribution in [1.29, 1.82) is 0 Å². The van der Waals surface area contributed by atoms with E-state index in [1.165, 1.54) is 6.42 Å². The van der Waals surface area contributed by atoms with Gasteiger partial charge in [0.25, 0.3) is 11.9 Å². The van der Waals surface area contributed by atoms with E-state index >= 15 is 0 Å². The number of aromatic nitrogens is 1. The molecule has 3 aliphatic heterocycles. The molecule has 1 aromatic carbocycles. The van der Waals surface area contributed by atoms with Gasteiger partial charge in [0, 0.05) is 50.7 Å². The highest BCUT2D eigenvalue weighted by Gasteiger charge is 2.40. The number of halogens is 1. The zero-order chi connectivity index (χ0) is 24.2. The molecule has 0 spiro atoms. The molecule has 4 aliphatic rings. The van der Waals surface area contributed by atoms with Crippen molar-refractivity contribution in [2.24, 2.45) is 5.92 Å². The first-order valence-corrected chi connectivity index (χ1v) is 12.8. The van der Waals surface area contributed by atoms with Crippen molar-refractivity contribution in [3.63, 3.8) is 0 Å². The first kappa shape index (κ1) is 22.7. The molecule has 10 heteroatoms. The Morgan fingerprint density at radius 3 is 2.74 bits per heavy atom. The number of anilines is 1. The Labute approximate surface area is 204 Å². The number of hydrogen-bond donors (Lipinski definition) is 2. The molecule has 1 saturated carbocycles. The van der Waals surface area contributed by atoms with E-state index in [4.69, 9.17) is 4.42 Å². The molecule has 2 N–H and O–H groups in total. The minimum atomic E-state index is -1.24. The van der Waals surface area contributed by atoms with E-state index in [-0.39, 0.29) is 36.6 Å². The molecule has 9 nitrogen and oxygen atoms in total. The van der Waals surface area contributed by atoms with Crippen molar-refractivity contribution in [2.45, 2.75) is 57.0 Å². The molecule has 188 valence electrons. The van der Waals surface area contributed by atoms with E-state index in [1.54, 1.807) is 25.1 Å². The van der Waals surface area contributed by atoms with Crippen LogP contribution in [0.1, 0.15) is 49.4 Å². The second-order valence-electron chi connectivity index (χ2n) is 10.7. The molecule has 0 bridgehead atoms. The maximum Gasteiger partial charge on any atom is 0.298 e. The molecular formula is C25H33FN6O3. The number of hydrogen-bond acceptors (Lipinski definition) is 7. The van der Waals surface area contributed by atoms with E-state index < -0.39 is 5.67 Å². The molecule has 2 aromatic rings. The van der Waals surface area contributed by atoms with Gasteiger partial charge < -0.3 is 19.5 Å². The summed E-state index contributed by atoms with van der Waals surface area (Å²) in [7, 11) is 0. The van der Waals surface area contributed by atoms with Crippen molar-refractivity contribution < 1.29 is 18.4 Å².